The van der Waals surface area contributed by atoms with Crippen molar-refractivity contribution in [3.63, 3.8) is 0 Å². The summed E-state index contributed by atoms with van der Waals surface area (Å²) in [6, 6.07) is 9.74. The van der Waals surface area contributed by atoms with Gasteiger partial charge in [0.25, 0.3) is 5.91 Å². The van der Waals surface area contributed by atoms with Gasteiger partial charge in [-0.15, -0.1) is 0 Å². The minimum absolute atomic E-state index is 0.0572. The molecule has 1 atom stereocenters. The van der Waals surface area contributed by atoms with E-state index in [4.69, 9.17) is 0 Å². The molecule has 9 nitrogen and oxygen atoms in total. The van der Waals surface area contributed by atoms with Gasteiger partial charge in [0.15, 0.2) is 0 Å². The van der Waals surface area contributed by atoms with E-state index >= 15 is 0 Å². The van der Waals surface area contributed by atoms with E-state index in [1.54, 1.807) is 6.20 Å². The number of carbonyl (C=O) groups excluding carboxylic acids is 1. The van der Waals surface area contributed by atoms with E-state index in [2.05, 4.69) is 62.0 Å². The standard InChI is InChI=1S/C24H34N8O/c1-24(2,3)17-8-6-16(7-9-17)22(33)28-21-18-14-32(15-19(18)29-30-21)20-10-11-25-23(27-20)26-12-13-31(4)5/h6-11,21,29-30H,12-15H2,1-5H3,(H,28,33)(H,25,26,27). The zero-order valence-electron chi connectivity index (χ0n) is 20.1. The van der Waals surface area contributed by atoms with Crippen molar-refractivity contribution < 1.29 is 4.79 Å². The van der Waals surface area contributed by atoms with Gasteiger partial charge >= 0.3 is 0 Å². The predicted octanol–water partition coefficient (Wildman–Crippen LogP) is 1.69. The van der Waals surface area contributed by atoms with Crippen LogP contribution in [-0.4, -0.2) is 67.2 Å². The van der Waals surface area contributed by atoms with Gasteiger partial charge in [-0.1, -0.05) is 32.9 Å². The molecule has 1 aromatic heterocycles. The monoisotopic (exact) mass is 450 g/mol. The van der Waals surface area contributed by atoms with Crippen molar-refractivity contribution in [2.75, 3.05) is 50.5 Å². The molecule has 0 saturated heterocycles. The molecule has 3 heterocycles. The van der Waals surface area contributed by atoms with E-state index in [-0.39, 0.29) is 17.5 Å². The Balaban J connectivity index is 1.37. The lowest BCUT2D eigenvalue weighted by Gasteiger charge is -2.23. The fourth-order valence-corrected chi connectivity index (χ4v) is 3.90. The number of nitrogens with zero attached hydrogens (tertiary/aromatic N) is 4. The zero-order valence-corrected chi connectivity index (χ0v) is 20.1. The maximum absolute atomic E-state index is 12.8. The van der Waals surface area contributed by atoms with Crippen molar-refractivity contribution in [2.24, 2.45) is 0 Å². The summed E-state index contributed by atoms with van der Waals surface area (Å²) in [5.41, 5.74) is 10.5. The molecule has 0 radical (unpaired) electrons. The van der Waals surface area contributed by atoms with Crippen LogP contribution in [0, 0.1) is 0 Å². The second kappa shape index (κ2) is 9.36. The summed E-state index contributed by atoms with van der Waals surface area (Å²) < 4.78 is 0. The van der Waals surface area contributed by atoms with E-state index in [9.17, 15) is 4.79 Å². The average Bonchev–Trinajstić information content (AvgIpc) is 3.35. The number of amides is 1. The molecule has 0 bridgehead atoms. The molecule has 9 heteroatoms. The first-order valence-electron chi connectivity index (χ1n) is 11.3. The lowest BCUT2D eigenvalue weighted by Crippen LogP contribution is -2.49. The van der Waals surface area contributed by atoms with E-state index < -0.39 is 0 Å². The highest BCUT2D eigenvalue weighted by Gasteiger charge is 2.34. The molecule has 2 aliphatic rings. The minimum atomic E-state index is -0.265. The van der Waals surface area contributed by atoms with Gasteiger partial charge in [0.2, 0.25) is 5.95 Å². The van der Waals surface area contributed by atoms with Gasteiger partial charge in [-0.05, 0) is 43.3 Å². The number of carbonyl (C=O) groups is 1. The topological polar surface area (TPSA) is 97.5 Å². The maximum Gasteiger partial charge on any atom is 0.252 e. The number of aromatic nitrogens is 2. The Labute approximate surface area is 195 Å². The molecule has 4 rings (SSSR count). The lowest BCUT2D eigenvalue weighted by molar-refractivity contribution is 0.0936. The van der Waals surface area contributed by atoms with Crippen molar-refractivity contribution in [3.8, 4) is 0 Å². The fraction of sp³-hybridized carbons (Fsp3) is 0.458. The maximum atomic E-state index is 12.8. The molecule has 1 aromatic carbocycles. The Morgan fingerprint density at radius 3 is 2.64 bits per heavy atom. The van der Waals surface area contributed by atoms with Crippen LogP contribution >= 0.6 is 0 Å². The molecule has 4 N–H and O–H groups in total. The summed E-state index contributed by atoms with van der Waals surface area (Å²) >= 11 is 0. The van der Waals surface area contributed by atoms with Crippen molar-refractivity contribution >= 4 is 17.7 Å². The summed E-state index contributed by atoms with van der Waals surface area (Å²) in [6.45, 7) is 9.55. The number of nitrogens with one attached hydrogen (secondary N) is 4. The van der Waals surface area contributed by atoms with Gasteiger partial charge in [0.1, 0.15) is 12.0 Å². The van der Waals surface area contributed by atoms with Gasteiger partial charge in [0, 0.05) is 37.0 Å². The van der Waals surface area contributed by atoms with Crippen LogP contribution < -0.4 is 26.4 Å². The summed E-state index contributed by atoms with van der Waals surface area (Å²) in [5.74, 6) is 1.38. The molecule has 1 unspecified atom stereocenters. The highest BCUT2D eigenvalue weighted by atomic mass is 16.1. The molecule has 2 aliphatic heterocycles. The largest absolute Gasteiger partial charge is 0.353 e. The molecular weight excluding hydrogens is 416 g/mol. The molecule has 0 spiro atoms. The highest BCUT2D eigenvalue weighted by molar-refractivity contribution is 5.94. The van der Waals surface area contributed by atoms with Crippen molar-refractivity contribution in [2.45, 2.75) is 32.4 Å². The number of benzene rings is 1. The Morgan fingerprint density at radius 1 is 1.18 bits per heavy atom. The number of hydrogen-bond donors (Lipinski definition) is 4. The molecule has 176 valence electrons. The van der Waals surface area contributed by atoms with Gasteiger partial charge in [-0.2, -0.15) is 4.98 Å². The molecule has 2 aromatic rings. The fourth-order valence-electron chi connectivity index (χ4n) is 3.90. The Bertz CT molecular complexity index is 1030. The summed E-state index contributed by atoms with van der Waals surface area (Å²) in [4.78, 5) is 26.1. The summed E-state index contributed by atoms with van der Waals surface area (Å²) in [5, 5.41) is 6.37. The smallest absolute Gasteiger partial charge is 0.252 e. The van der Waals surface area contributed by atoms with Crippen LogP contribution in [0.2, 0.25) is 0 Å². The van der Waals surface area contributed by atoms with Crippen LogP contribution in [0.1, 0.15) is 36.7 Å². The molecule has 1 amide bonds. The number of anilines is 2. The first-order valence-corrected chi connectivity index (χ1v) is 11.3. The van der Waals surface area contributed by atoms with Gasteiger partial charge in [-0.3, -0.25) is 4.79 Å². The van der Waals surface area contributed by atoms with Crippen LogP contribution in [0.3, 0.4) is 0 Å². The Hall–Kier alpha value is -3.17. The second-order valence-electron chi connectivity index (χ2n) is 9.83. The summed E-state index contributed by atoms with van der Waals surface area (Å²) in [7, 11) is 4.07. The van der Waals surface area contributed by atoms with Crippen LogP contribution in [0.4, 0.5) is 11.8 Å². The number of rotatable bonds is 7. The summed E-state index contributed by atoms with van der Waals surface area (Å²) in [6.07, 6.45) is 1.51. The van der Waals surface area contributed by atoms with Crippen molar-refractivity contribution in [1.29, 1.82) is 0 Å². The van der Waals surface area contributed by atoms with Crippen LogP contribution in [0.25, 0.3) is 0 Å². The zero-order chi connectivity index (χ0) is 23.6. The molecule has 33 heavy (non-hydrogen) atoms. The van der Waals surface area contributed by atoms with E-state index in [1.165, 1.54) is 5.56 Å². The van der Waals surface area contributed by atoms with Crippen molar-refractivity contribution in [1.82, 2.24) is 31.0 Å². The minimum Gasteiger partial charge on any atom is -0.353 e. The molecule has 0 saturated carbocycles. The van der Waals surface area contributed by atoms with E-state index in [0.717, 1.165) is 30.2 Å². The SMILES string of the molecule is CN(C)CCNc1nccc(N2CC3=C(C2)C(NC(=O)c2ccc(C(C)(C)C)cc2)NN3)n1. The Morgan fingerprint density at radius 2 is 1.94 bits per heavy atom. The van der Waals surface area contributed by atoms with Crippen LogP contribution in [-0.2, 0) is 5.41 Å². The Kier molecular flexibility index (Phi) is 6.53. The lowest BCUT2D eigenvalue weighted by atomic mass is 9.86. The third kappa shape index (κ3) is 5.43. The van der Waals surface area contributed by atoms with Gasteiger partial charge < -0.3 is 25.9 Å². The van der Waals surface area contributed by atoms with Crippen LogP contribution in [0.15, 0.2) is 47.8 Å². The second-order valence-corrected chi connectivity index (χ2v) is 9.83. The molecular formula is C24H34N8O. The first-order chi connectivity index (χ1) is 15.7. The van der Waals surface area contributed by atoms with E-state index in [1.807, 2.05) is 44.4 Å². The van der Waals surface area contributed by atoms with Gasteiger partial charge in [0.05, 0.1) is 12.2 Å². The third-order valence-corrected chi connectivity index (χ3v) is 5.91. The molecule has 0 fully saturated rings. The van der Waals surface area contributed by atoms with E-state index in [0.29, 0.717) is 24.6 Å². The first kappa shape index (κ1) is 23.0. The predicted molar refractivity (Wildman–Crippen MR) is 131 cm³/mol. The highest BCUT2D eigenvalue weighted by Crippen LogP contribution is 2.26. The third-order valence-electron chi connectivity index (χ3n) is 5.91. The van der Waals surface area contributed by atoms with Gasteiger partial charge in [-0.25, -0.2) is 10.4 Å². The quantitative estimate of drug-likeness (QED) is 0.506. The number of hydrazine groups is 1. The van der Waals surface area contributed by atoms with Crippen molar-refractivity contribution in [3.05, 3.63) is 58.9 Å². The number of hydrogen-bond acceptors (Lipinski definition) is 8. The number of likely N-dealkylation sites (N-methyl/N-ethyl adjacent to an activating group) is 1. The van der Waals surface area contributed by atoms with Crippen LogP contribution in [0.5, 0.6) is 0 Å². The molecule has 0 aliphatic carbocycles. The average molecular weight is 451 g/mol. The normalized spacial score (nSPS) is 17.9.